The maximum absolute atomic E-state index is 13.5. The summed E-state index contributed by atoms with van der Waals surface area (Å²) in [6, 6.07) is -0.907. The summed E-state index contributed by atoms with van der Waals surface area (Å²) in [6.07, 6.45) is 72.8. The number of hydrogen-bond acceptors (Lipinski definition) is 6. The third-order valence-corrected chi connectivity index (χ3v) is 12.2. The summed E-state index contributed by atoms with van der Waals surface area (Å²) in [4.78, 5) is 37.5. The van der Waals surface area contributed by atoms with Crippen molar-refractivity contribution < 1.29 is 37.3 Å². The maximum atomic E-state index is 13.5. The topological polar surface area (TPSA) is 111 Å². The van der Waals surface area contributed by atoms with Crippen molar-refractivity contribution in [1.82, 2.24) is 5.32 Å². The van der Waals surface area contributed by atoms with Gasteiger partial charge in [0.1, 0.15) is 19.3 Å². The molecule has 0 aliphatic heterocycles. The summed E-state index contributed by atoms with van der Waals surface area (Å²) >= 11 is 0. The minimum absolute atomic E-state index is 0.0128. The molecule has 0 saturated heterocycles. The lowest BCUT2D eigenvalue weighted by molar-refractivity contribution is -0.870. The average molecular weight is 1020 g/mol. The lowest BCUT2D eigenvalue weighted by atomic mass is 10.1. The summed E-state index contributed by atoms with van der Waals surface area (Å²) in [6.45, 7) is 6.63. The van der Waals surface area contributed by atoms with Gasteiger partial charge in [-0.05, 0) is 89.5 Å². The van der Waals surface area contributed by atoms with E-state index in [1.54, 1.807) is 0 Å². The number of phosphoric acid groups is 1. The largest absolute Gasteiger partial charge is 0.472 e. The van der Waals surface area contributed by atoms with Gasteiger partial charge in [-0.15, -0.1) is 0 Å². The number of phosphoric ester groups is 1. The number of ether oxygens (including phenoxy) is 1. The van der Waals surface area contributed by atoms with Crippen molar-refractivity contribution in [2.75, 3.05) is 40.9 Å². The van der Waals surface area contributed by atoms with Crippen LogP contribution in [0.4, 0.5) is 0 Å². The highest BCUT2D eigenvalue weighted by Crippen LogP contribution is 2.43. The minimum atomic E-state index is -4.48. The van der Waals surface area contributed by atoms with Gasteiger partial charge in [0, 0.05) is 12.8 Å². The fraction of sp³-hybridized carbons (Fsp3) is 0.581. The highest BCUT2D eigenvalue weighted by molar-refractivity contribution is 7.47. The van der Waals surface area contributed by atoms with Crippen LogP contribution < -0.4 is 5.32 Å². The standard InChI is InChI=1S/C62H101N2O7P/c1-7-10-13-16-19-22-25-28-30-32-34-36-39-42-45-48-51-54-61(65)63-59(58-70-72(67,68)69-57-56-64(4,5)6)60(53-50-47-44-41-38-27-24-21-18-15-12-9-3)71-62(66)55-52-49-46-43-40-37-35-33-31-29-26-23-20-17-14-11-8-2/h10-11,13-14,17,19-20,22-23,26,28-31,33-37,40,42,45,50,53,59-60H,7-9,12,15-16,18,21,24-25,27,32,38-39,41,43-44,46-49,51-52,54-58H2,1-6H3,(H-,63,65,67,68)/p+1/b13-10-,14-11-,20-17+,22-19-,26-23+,30-28-,31-29-,35-33+,36-34-,40-37+,45-42-,53-50+. The lowest BCUT2D eigenvalue weighted by Gasteiger charge is -2.27. The Bertz CT molecular complexity index is 1740. The van der Waals surface area contributed by atoms with E-state index in [9.17, 15) is 19.0 Å². The molecular formula is C62H102N2O7P+. The average Bonchev–Trinajstić information content (AvgIpc) is 3.34. The SMILES string of the molecule is CC\C=C/C=C/C=C/C=C\C=C\C=C\CCCCCC(=O)OC(/C=C/CCCCCCCCCCCC)C(COP(=O)(O)OCC[N+](C)(C)C)NC(=O)CCC/C=C\C/C=C\C/C=C\C/C=C\C/C=C\CC. The molecule has 0 fully saturated rings. The molecule has 0 rings (SSSR count). The number of nitrogens with zero attached hydrogens (tertiary/aromatic N) is 1. The van der Waals surface area contributed by atoms with Crippen LogP contribution in [0.5, 0.6) is 0 Å². The number of amides is 1. The first-order chi connectivity index (χ1) is 34.9. The molecule has 0 bridgehead atoms. The second-order valence-corrected chi connectivity index (χ2v) is 20.6. The Morgan fingerprint density at radius 1 is 0.514 bits per heavy atom. The first-order valence-electron chi connectivity index (χ1n) is 27.7. The fourth-order valence-corrected chi connectivity index (χ4v) is 7.68. The number of carbonyl (C=O) groups is 2. The number of likely N-dealkylation sites (N-methyl/N-ethyl adjacent to an activating group) is 1. The molecule has 3 unspecified atom stereocenters. The maximum Gasteiger partial charge on any atom is 0.472 e. The second kappa shape index (κ2) is 50.4. The molecule has 0 aromatic carbocycles. The van der Waals surface area contributed by atoms with Crippen molar-refractivity contribution in [3.63, 3.8) is 0 Å². The van der Waals surface area contributed by atoms with Crippen LogP contribution in [-0.4, -0.2) is 74.3 Å². The number of allylic oxidation sites excluding steroid dienone is 23. The van der Waals surface area contributed by atoms with Gasteiger partial charge in [-0.1, -0.05) is 225 Å². The lowest BCUT2D eigenvalue weighted by Crippen LogP contribution is -2.47. The van der Waals surface area contributed by atoms with Crippen LogP contribution in [0.25, 0.3) is 0 Å². The molecule has 1 amide bonds. The molecule has 10 heteroatoms. The summed E-state index contributed by atoms with van der Waals surface area (Å²) in [5.41, 5.74) is 0. The molecule has 0 aromatic heterocycles. The third kappa shape index (κ3) is 50.8. The van der Waals surface area contributed by atoms with Crippen molar-refractivity contribution >= 4 is 19.7 Å². The van der Waals surface area contributed by atoms with Gasteiger partial charge in [0.05, 0.1) is 33.8 Å². The number of unbranched alkanes of at least 4 members (excludes halogenated alkanes) is 14. The van der Waals surface area contributed by atoms with E-state index in [1.165, 1.54) is 51.4 Å². The van der Waals surface area contributed by atoms with Crippen LogP contribution >= 0.6 is 7.82 Å². The van der Waals surface area contributed by atoms with Crippen molar-refractivity contribution in [3.05, 3.63) is 146 Å². The quantitative estimate of drug-likeness (QED) is 0.0156. The Morgan fingerprint density at radius 3 is 1.51 bits per heavy atom. The van der Waals surface area contributed by atoms with Gasteiger partial charge in [0.15, 0.2) is 0 Å². The Labute approximate surface area is 440 Å². The molecule has 0 aliphatic rings. The zero-order valence-electron chi connectivity index (χ0n) is 46.1. The van der Waals surface area contributed by atoms with Crippen LogP contribution in [0.3, 0.4) is 0 Å². The number of carbonyl (C=O) groups excluding carboxylic acids is 2. The van der Waals surface area contributed by atoms with Gasteiger partial charge in [-0.2, -0.15) is 0 Å². The number of hydrogen-bond donors (Lipinski definition) is 2. The van der Waals surface area contributed by atoms with E-state index in [-0.39, 0.29) is 37.9 Å². The Morgan fingerprint density at radius 2 is 0.972 bits per heavy atom. The van der Waals surface area contributed by atoms with Crippen LogP contribution in [0, 0.1) is 0 Å². The molecular weight excluding hydrogens is 916 g/mol. The predicted octanol–water partition coefficient (Wildman–Crippen LogP) is 16.7. The monoisotopic (exact) mass is 1020 g/mol. The number of esters is 1. The van der Waals surface area contributed by atoms with E-state index >= 15 is 0 Å². The Hall–Kier alpha value is -4.11. The van der Waals surface area contributed by atoms with Crippen molar-refractivity contribution in [3.8, 4) is 0 Å². The molecule has 0 aliphatic carbocycles. The molecule has 0 aromatic rings. The molecule has 0 radical (unpaired) electrons. The van der Waals surface area contributed by atoms with Crippen LogP contribution in [-0.2, 0) is 27.9 Å². The van der Waals surface area contributed by atoms with Gasteiger partial charge in [-0.25, -0.2) is 4.57 Å². The first kappa shape index (κ1) is 67.9. The van der Waals surface area contributed by atoms with E-state index in [0.29, 0.717) is 23.9 Å². The summed E-state index contributed by atoms with van der Waals surface area (Å²) in [5.74, 6) is -0.641. The van der Waals surface area contributed by atoms with Gasteiger partial charge in [0.25, 0.3) is 0 Å². The molecule has 0 saturated carbocycles. The summed E-state index contributed by atoms with van der Waals surface area (Å²) in [7, 11) is 1.40. The molecule has 72 heavy (non-hydrogen) atoms. The zero-order chi connectivity index (χ0) is 52.9. The van der Waals surface area contributed by atoms with Crippen LogP contribution in [0.2, 0.25) is 0 Å². The predicted molar refractivity (Wildman–Crippen MR) is 309 cm³/mol. The molecule has 3 atom stereocenters. The molecule has 0 heterocycles. The number of nitrogens with one attached hydrogen (secondary N) is 1. The minimum Gasteiger partial charge on any atom is -0.456 e. The molecule has 0 spiro atoms. The van der Waals surface area contributed by atoms with Crippen molar-refractivity contribution in [2.24, 2.45) is 0 Å². The zero-order valence-corrected chi connectivity index (χ0v) is 47.0. The fourth-order valence-electron chi connectivity index (χ4n) is 6.95. The van der Waals surface area contributed by atoms with E-state index in [0.717, 1.165) is 83.5 Å². The number of rotatable bonds is 47. The van der Waals surface area contributed by atoms with Crippen molar-refractivity contribution in [1.29, 1.82) is 0 Å². The highest BCUT2D eigenvalue weighted by atomic mass is 31.2. The van der Waals surface area contributed by atoms with Gasteiger partial charge < -0.3 is 19.4 Å². The van der Waals surface area contributed by atoms with Crippen molar-refractivity contribution in [2.45, 2.75) is 193 Å². The van der Waals surface area contributed by atoms with Crippen LogP contribution in [0.15, 0.2) is 146 Å². The normalized spacial score (nSPS) is 14.9. The van der Waals surface area contributed by atoms with E-state index in [4.69, 9.17) is 13.8 Å². The summed E-state index contributed by atoms with van der Waals surface area (Å²) in [5, 5.41) is 2.99. The second-order valence-electron chi connectivity index (χ2n) is 19.1. The molecule has 2 N–H and O–H groups in total. The Balaban J connectivity index is 5.59. The van der Waals surface area contributed by atoms with E-state index < -0.39 is 20.0 Å². The van der Waals surface area contributed by atoms with Gasteiger partial charge in [-0.3, -0.25) is 18.6 Å². The van der Waals surface area contributed by atoms with E-state index in [1.807, 2.05) is 94.1 Å². The molecule has 9 nitrogen and oxygen atoms in total. The summed E-state index contributed by atoms with van der Waals surface area (Å²) < 4.78 is 30.5. The van der Waals surface area contributed by atoms with E-state index in [2.05, 4.69) is 99.0 Å². The Kier molecular flexibility index (Phi) is 47.5. The third-order valence-electron chi connectivity index (χ3n) is 11.2. The van der Waals surface area contributed by atoms with Gasteiger partial charge in [0.2, 0.25) is 5.91 Å². The van der Waals surface area contributed by atoms with Gasteiger partial charge >= 0.3 is 13.8 Å². The molecule has 406 valence electrons. The first-order valence-corrected chi connectivity index (χ1v) is 29.2. The number of quaternary nitrogens is 1. The highest BCUT2D eigenvalue weighted by Gasteiger charge is 2.30. The smallest absolute Gasteiger partial charge is 0.456 e. The van der Waals surface area contributed by atoms with Crippen LogP contribution in [0.1, 0.15) is 181 Å².